The SMILES string of the molecule is CC.CCCC.CCCCCC(CCCC)OCC.Cc1ccc(-c2ccc(CC=O)c(C)c2)cc1F.N#CCNC=O. The number of carbonyl (C=O) groups is 2. The van der Waals surface area contributed by atoms with E-state index in [1.165, 1.54) is 57.8 Å². The normalized spacial score (nSPS) is 9.98. The molecule has 1 amide bonds. The van der Waals surface area contributed by atoms with Crippen molar-refractivity contribution in [3.05, 3.63) is 58.9 Å². The van der Waals surface area contributed by atoms with Crippen LogP contribution in [0.4, 0.5) is 4.39 Å². The van der Waals surface area contributed by atoms with E-state index in [1.807, 2.05) is 45.0 Å². The molecule has 244 valence electrons. The lowest BCUT2D eigenvalue weighted by Gasteiger charge is -2.16. The molecule has 0 fully saturated rings. The number of benzene rings is 2. The van der Waals surface area contributed by atoms with E-state index in [2.05, 4.69) is 39.9 Å². The van der Waals surface area contributed by atoms with Crippen LogP contribution in [0.15, 0.2) is 36.4 Å². The van der Waals surface area contributed by atoms with Crippen LogP contribution in [0, 0.1) is 31.0 Å². The second-order valence-corrected chi connectivity index (χ2v) is 9.85. The second kappa shape index (κ2) is 33.5. The lowest BCUT2D eigenvalue weighted by atomic mass is 9.98. The monoisotopic (exact) mass is 600 g/mol. The number of aldehydes is 1. The Morgan fingerprint density at radius 2 is 1.42 bits per heavy atom. The third kappa shape index (κ3) is 25.2. The van der Waals surface area contributed by atoms with E-state index < -0.39 is 0 Å². The van der Waals surface area contributed by atoms with Gasteiger partial charge in [0.05, 0.1) is 12.2 Å². The van der Waals surface area contributed by atoms with E-state index >= 15 is 0 Å². The molecule has 2 aromatic rings. The van der Waals surface area contributed by atoms with Crippen LogP contribution < -0.4 is 5.32 Å². The van der Waals surface area contributed by atoms with Gasteiger partial charge in [-0.1, -0.05) is 117 Å². The molecule has 1 N–H and O–H groups in total. The van der Waals surface area contributed by atoms with Gasteiger partial charge in [-0.3, -0.25) is 4.79 Å². The summed E-state index contributed by atoms with van der Waals surface area (Å²) in [6, 6.07) is 12.8. The molecule has 5 nitrogen and oxygen atoms in total. The molecule has 43 heavy (non-hydrogen) atoms. The fourth-order valence-electron chi connectivity index (χ4n) is 3.65. The van der Waals surface area contributed by atoms with Crippen molar-refractivity contribution in [1.29, 1.82) is 5.26 Å². The zero-order valence-electron chi connectivity index (χ0n) is 28.7. The lowest BCUT2D eigenvalue weighted by molar-refractivity contribution is -0.109. The topological polar surface area (TPSA) is 79.2 Å². The van der Waals surface area contributed by atoms with Crippen LogP contribution in [0.1, 0.15) is 123 Å². The number of nitrogens with zero attached hydrogens (tertiary/aromatic N) is 1. The lowest BCUT2D eigenvalue weighted by Crippen LogP contribution is -2.12. The number of hydrogen-bond acceptors (Lipinski definition) is 4. The van der Waals surface area contributed by atoms with E-state index in [0.717, 1.165) is 35.1 Å². The fourth-order valence-corrected chi connectivity index (χ4v) is 3.65. The molecule has 1 unspecified atom stereocenters. The molecule has 0 saturated carbocycles. The van der Waals surface area contributed by atoms with Gasteiger partial charge in [-0.15, -0.1) is 0 Å². The summed E-state index contributed by atoms with van der Waals surface area (Å²) in [5.41, 5.74) is 4.55. The molecule has 0 heterocycles. The number of nitriles is 1. The summed E-state index contributed by atoms with van der Waals surface area (Å²) in [4.78, 5) is 19.8. The smallest absolute Gasteiger partial charge is 0.207 e. The van der Waals surface area contributed by atoms with E-state index in [0.29, 0.717) is 24.5 Å². The van der Waals surface area contributed by atoms with Crippen molar-refractivity contribution in [2.45, 2.75) is 133 Å². The summed E-state index contributed by atoms with van der Waals surface area (Å²) in [7, 11) is 0. The summed E-state index contributed by atoms with van der Waals surface area (Å²) < 4.78 is 19.2. The first-order valence-corrected chi connectivity index (χ1v) is 16.2. The first-order chi connectivity index (χ1) is 20.8. The summed E-state index contributed by atoms with van der Waals surface area (Å²) in [6.45, 7) is 19.6. The molecule has 1 atom stereocenters. The van der Waals surface area contributed by atoms with Crippen molar-refractivity contribution in [2.24, 2.45) is 0 Å². The Morgan fingerprint density at radius 3 is 1.86 bits per heavy atom. The quantitative estimate of drug-likeness (QED) is 0.125. The van der Waals surface area contributed by atoms with Crippen molar-refractivity contribution in [2.75, 3.05) is 13.2 Å². The van der Waals surface area contributed by atoms with Gasteiger partial charge in [0, 0.05) is 13.0 Å². The summed E-state index contributed by atoms with van der Waals surface area (Å²) in [5.74, 6) is -0.192. The van der Waals surface area contributed by atoms with Crippen molar-refractivity contribution in [3.63, 3.8) is 0 Å². The number of rotatable bonds is 15. The third-order valence-electron chi connectivity index (χ3n) is 6.33. The standard InChI is InChI=1S/C16H15FO.C12H26O.C4H10.C3H4N2O.C2H6/c1-11-3-4-15(10-16(11)17)14-6-5-13(7-8-18)12(2)9-14;1-4-7-9-11-12(13-6-3)10-8-5-2;1-3-4-2;4-1-2-5-3-6;1-2/h3-6,8-10H,7H2,1-2H3;12H,4-11H2,1-3H3;3-4H2,1-2H3;3H,2H2,(H,5,6);1-2H3. The number of hydrogen-bond donors (Lipinski definition) is 1. The minimum absolute atomic E-state index is 0.101. The highest BCUT2D eigenvalue weighted by atomic mass is 19.1. The number of carbonyl (C=O) groups excluding carboxylic acids is 2. The minimum atomic E-state index is -0.192. The summed E-state index contributed by atoms with van der Waals surface area (Å²) >= 11 is 0. The van der Waals surface area contributed by atoms with Crippen LogP contribution in [0.2, 0.25) is 0 Å². The maximum Gasteiger partial charge on any atom is 0.207 e. The van der Waals surface area contributed by atoms with Crippen LogP contribution in [0.3, 0.4) is 0 Å². The molecule has 0 radical (unpaired) electrons. The Labute approximate surface area is 263 Å². The highest BCUT2D eigenvalue weighted by molar-refractivity contribution is 5.66. The van der Waals surface area contributed by atoms with Crippen molar-refractivity contribution < 1.29 is 18.7 Å². The van der Waals surface area contributed by atoms with Crippen molar-refractivity contribution in [1.82, 2.24) is 5.32 Å². The highest BCUT2D eigenvalue weighted by Gasteiger charge is 2.07. The first kappa shape index (κ1) is 44.4. The predicted octanol–water partition coefficient (Wildman–Crippen LogP) is 10.1. The van der Waals surface area contributed by atoms with Gasteiger partial charge < -0.3 is 14.8 Å². The molecule has 0 aliphatic rings. The minimum Gasteiger partial charge on any atom is -0.379 e. The Kier molecular flexibility index (Phi) is 34.6. The maximum atomic E-state index is 13.5. The molecule has 0 spiro atoms. The Bertz CT molecular complexity index is 971. The largest absolute Gasteiger partial charge is 0.379 e. The van der Waals surface area contributed by atoms with Crippen molar-refractivity contribution >= 4 is 12.7 Å². The van der Waals surface area contributed by atoms with Gasteiger partial charge in [0.15, 0.2) is 0 Å². The van der Waals surface area contributed by atoms with Crippen LogP contribution in [-0.4, -0.2) is 32.0 Å². The molecule has 0 bridgehead atoms. The van der Waals surface area contributed by atoms with Crippen LogP contribution in [0.5, 0.6) is 0 Å². The zero-order chi connectivity index (χ0) is 33.3. The molecule has 6 heteroatoms. The summed E-state index contributed by atoms with van der Waals surface area (Å²) in [6.07, 6.45) is 14.1. The van der Waals surface area contributed by atoms with Crippen LogP contribution >= 0.6 is 0 Å². The van der Waals surface area contributed by atoms with E-state index in [9.17, 15) is 14.0 Å². The summed E-state index contributed by atoms with van der Waals surface area (Å²) in [5, 5.41) is 9.88. The second-order valence-electron chi connectivity index (χ2n) is 9.85. The molecule has 0 aliphatic carbocycles. The number of ether oxygens (including phenoxy) is 1. The Morgan fingerprint density at radius 1 is 0.837 bits per heavy atom. The van der Waals surface area contributed by atoms with Gasteiger partial charge in [0.1, 0.15) is 18.6 Å². The predicted molar refractivity (Wildman–Crippen MR) is 182 cm³/mol. The van der Waals surface area contributed by atoms with Gasteiger partial charge >= 0.3 is 0 Å². The molecule has 2 rings (SSSR count). The average molecular weight is 601 g/mol. The number of halogens is 1. The van der Waals surface area contributed by atoms with E-state index in [4.69, 9.17) is 10.00 Å². The third-order valence-corrected chi connectivity index (χ3v) is 6.33. The Hall–Kier alpha value is -3.04. The maximum absolute atomic E-state index is 13.5. The van der Waals surface area contributed by atoms with Gasteiger partial charge in [-0.2, -0.15) is 5.26 Å². The highest BCUT2D eigenvalue weighted by Crippen LogP contribution is 2.24. The van der Waals surface area contributed by atoms with E-state index in [-0.39, 0.29) is 12.4 Å². The Balaban J connectivity index is -0.000000559. The number of aryl methyl sites for hydroxylation is 2. The van der Waals surface area contributed by atoms with Gasteiger partial charge in [-0.25, -0.2) is 4.39 Å². The molecule has 0 aromatic heterocycles. The van der Waals surface area contributed by atoms with E-state index in [1.54, 1.807) is 25.1 Å². The molecule has 0 aliphatic heterocycles. The van der Waals surface area contributed by atoms with Gasteiger partial charge in [-0.05, 0) is 67.5 Å². The molecule has 2 aromatic carbocycles. The van der Waals surface area contributed by atoms with Gasteiger partial charge in [0.25, 0.3) is 0 Å². The van der Waals surface area contributed by atoms with Crippen LogP contribution in [-0.2, 0) is 20.7 Å². The number of unbranched alkanes of at least 4 members (excludes halogenated alkanes) is 4. The van der Waals surface area contributed by atoms with Gasteiger partial charge in [0.2, 0.25) is 6.41 Å². The number of amides is 1. The van der Waals surface area contributed by atoms with Crippen molar-refractivity contribution in [3.8, 4) is 17.2 Å². The molecular weight excluding hydrogens is 539 g/mol. The average Bonchev–Trinajstić information content (AvgIpc) is 3.03. The molecule has 0 saturated heterocycles. The number of nitrogens with one attached hydrogen (secondary N) is 1. The molecular formula is C37H61FN2O3. The van der Waals surface area contributed by atoms with Crippen LogP contribution in [0.25, 0.3) is 11.1 Å². The first-order valence-electron chi connectivity index (χ1n) is 16.2. The zero-order valence-corrected chi connectivity index (χ0v) is 28.7. The fraction of sp³-hybridized carbons (Fsp3) is 0.595.